The van der Waals surface area contributed by atoms with Gasteiger partial charge in [-0.25, -0.2) is 0 Å². The maximum atomic E-state index is 12.8. The van der Waals surface area contributed by atoms with Gasteiger partial charge in [-0.15, -0.1) is 0 Å². The third-order valence-electron chi connectivity index (χ3n) is 5.08. The first-order valence-corrected chi connectivity index (χ1v) is 9.67. The van der Waals surface area contributed by atoms with Crippen LogP contribution in [0, 0.1) is 11.8 Å². The number of rotatable bonds is 7. The predicted octanol–water partition coefficient (Wildman–Crippen LogP) is 2.35. The number of hydrogen-bond acceptors (Lipinski definition) is 3. The van der Waals surface area contributed by atoms with E-state index in [2.05, 4.69) is 19.2 Å². The van der Waals surface area contributed by atoms with Crippen LogP contribution in [0.1, 0.15) is 45.6 Å². The van der Waals surface area contributed by atoms with E-state index in [1.54, 1.807) is 0 Å². The topological polar surface area (TPSA) is 75.4 Å². The lowest BCUT2D eigenvalue weighted by Gasteiger charge is -2.36. The molecule has 0 aromatic heterocycles. The summed E-state index contributed by atoms with van der Waals surface area (Å²) in [6.45, 7) is 7.91. The van der Waals surface area contributed by atoms with Crippen molar-refractivity contribution in [3.8, 4) is 0 Å². The van der Waals surface area contributed by atoms with Crippen molar-refractivity contribution in [3.63, 3.8) is 0 Å². The predicted molar refractivity (Wildman–Crippen MR) is 105 cm³/mol. The van der Waals surface area contributed by atoms with Gasteiger partial charge in [0, 0.05) is 25.2 Å². The Kier molecular flexibility index (Phi) is 7.21. The second-order valence-corrected chi connectivity index (χ2v) is 8.19. The van der Waals surface area contributed by atoms with Gasteiger partial charge in [-0.2, -0.15) is 0 Å². The molecular formula is C21H33N3O2. The zero-order chi connectivity index (χ0) is 19.2. The largest absolute Gasteiger partial charge is 0.349 e. The van der Waals surface area contributed by atoms with E-state index in [0.717, 1.165) is 31.4 Å². The lowest BCUT2D eigenvalue weighted by molar-refractivity contribution is -0.135. The van der Waals surface area contributed by atoms with Gasteiger partial charge in [0.2, 0.25) is 11.8 Å². The minimum absolute atomic E-state index is 0.0239. The van der Waals surface area contributed by atoms with Crippen molar-refractivity contribution in [3.05, 3.63) is 35.9 Å². The molecule has 1 aliphatic heterocycles. The molecule has 1 aromatic carbocycles. The van der Waals surface area contributed by atoms with E-state index in [-0.39, 0.29) is 23.3 Å². The van der Waals surface area contributed by atoms with Gasteiger partial charge in [-0.3, -0.25) is 9.59 Å². The average molecular weight is 360 g/mol. The van der Waals surface area contributed by atoms with Crippen molar-refractivity contribution < 1.29 is 9.59 Å². The maximum Gasteiger partial charge on any atom is 0.227 e. The highest BCUT2D eigenvalue weighted by atomic mass is 16.2. The van der Waals surface area contributed by atoms with E-state index in [1.807, 2.05) is 42.2 Å². The number of hydrogen-bond donors (Lipinski definition) is 2. The summed E-state index contributed by atoms with van der Waals surface area (Å²) in [5, 5.41) is 3.15. The van der Waals surface area contributed by atoms with Crippen LogP contribution in [0.15, 0.2) is 30.3 Å². The molecule has 0 bridgehead atoms. The highest BCUT2D eigenvalue weighted by Gasteiger charge is 2.33. The summed E-state index contributed by atoms with van der Waals surface area (Å²) in [6.07, 6.45) is 2.92. The second kappa shape index (κ2) is 9.17. The van der Waals surface area contributed by atoms with Crippen LogP contribution in [0.4, 0.5) is 0 Å². The van der Waals surface area contributed by atoms with Crippen LogP contribution in [0.5, 0.6) is 0 Å². The van der Waals surface area contributed by atoms with Gasteiger partial charge in [0.15, 0.2) is 0 Å². The van der Waals surface area contributed by atoms with Gasteiger partial charge in [-0.05, 0) is 37.7 Å². The van der Waals surface area contributed by atoms with Crippen LogP contribution in [-0.2, 0) is 16.0 Å². The summed E-state index contributed by atoms with van der Waals surface area (Å²) >= 11 is 0. The maximum absolute atomic E-state index is 12.8. The van der Waals surface area contributed by atoms with E-state index in [1.165, 1.54) is 0 Å². The Labute approximate surface area is 157 Å². The molecule has 26 heavy (non-hydrogen) atoms. The molecule has 2 rings (SSSR count). The molecule has 0 aliphatic carbocycles. The fourth-order valence-electron chi connectivity index (χ4n) is 3.79. The molecule has 1 fully saturated rings. The zero-order valence-electron chi connectivity index (χ0n) is 16.3. The number of likely N-dealkylation sites (tertiary alicyclic amines) is 1. The fraction of sp³-hybridized carbons (Fsp3) is 0.619. The van der Waals surface area contributed by atoms with Crippen LogP contribution in [-0.4, -0.2) is 41.9 Å². The Balaban J connectivity index is 1.94. The van der Waals surface area contributed by atoms with Crippen molar-refractivity contribution >= 4 is 11.8 Å². The third-order valence-corrected chi connectivity index (χ3v) is 5.08. The summed E-state index contributed by atoms with van der Waals surface area (Å²) in [7, 11) is 0. The molecule has 0 radical (unpaired) electrons. The molecule has 1 aliphatic rings. The number of piperidine rings is 1. The normalized spacial score (nSPS) is 19.9. The number of nitrogens with zero attached hydrogens (tertiary/aromatic N) is 1. The Morgan fingerprint density at radius 1 is 1.31 bits per heavy atom. The van der Waals surface area contributed by atoms with Gasteiger partial charge in [-0.1, -0.05) is 44.2 Å². The van der Waals surface area contributed by atoms with E-state index in [4.69, 9.17) is 5.73 Å². The lowest BCUT2D eigenvalue weighted by atomic mass is 9.89. The van der Waals surface area contributed by atoms with E-state index in [9.17, 15) is 9.59 Å². The summed E-state index contributed by atoms with van der Waals surface area (Å²) in [5.41, 5.74) is 6.54. The quantitative estimate of drug-likeness (QED) is 0.785. The summed E-state index contributed by atoms with van der Waals surface area (Å²) in [6, 6.07) is 9.75. The zero-order valence-corrected chi connectivity index (χ0v) is 16.3. The molecular weight excluding hydrogens is 326 g/mol. The van der Waals surface area contributed by atoms with Crippen LogP contribution >= 0.6 is 0 Å². The molecule has 1 heterocycles. The molecule has 1 saturated heterocycles. The lowest BCUT2D eigenvalue weighted by Crippen LogP contribution is -2.55. The fourth-order valence-corrected chi connectivity index (χ4v) is 3.79. The third kappa shape index (κ3) is 5.84. The van der Waals surface area contributed by atoms with Gasteiger partial charge in [0.05, 0.1) is 12.3 Å². The minimum Gasteiger partial charge on any atom is -0.349 e. The Hall–Kier alpha value is -1.88. The van der Waals surface area contributed by atoms with Crippen molar-refractivity contribution in [1.82, 2.24) is 10.2 Å². The molecule has 144 valence electrons. The molecule has 0 saturated carbocycles. The summed E-state index contributed by atoms with van der Waals surface area (Å²) in [4.78, 5) is 27.2. The molecule has 2 atom stereocenters. The number of carbonyl (C=O) groups excluding carboxylic acids is 2. The van der Waals surface area contributed by atoms with Crippen LogP contribution in [0.25, 0.3) is 0 Å². The SMILES string of the molecule is CC(C)CC(C)(CN)NC(=O)C1CCCN(C(=O)Cc2ccccc2)C1. The van der Waals surface area contributed by atoms with Gasteiger partial charge >= 0.3 is 0 Å². The van der Waals surface area contributed by atoms with E-state index in [0.29, 0.717) is 25.4 Å². The molecule has 5 nitrogen and oxygen atoms in total. The molecule has 0 spiro atoms. The number of nitrogens with one attached hydrogen (secondary N) is 1. The van der Waals surface area contributed by atoms with Crippen LogP contribution in [0.3, 0.4) is 0 Å². The molecule has 1 aromatic rings. The first kappa shape index (κ1) is 20.4. The number of amides is 2. The van der Waals surface area contributed by atoms with Crippen LogP contribution < -0.4 is 11.1 Å². The summed E-state index contributed by atoms with van der Waals surface area (Å²) in [5.74, 6) is 0.425. The smallest absolute Gasteiger partial charge is 0.227 e. The van der Waals surface area contributed by atoms with Crippen molar-refractivity contribution in [2.75, 3.05) is 19.6 Å². The van der Waals surface area contributed by atoms with Gasteiger partial charge < -0.3 is 16.0 Å². The Morgan fingerprint density at radius 2 is 2.00 bits per heavy atom. The Bertz CT molecular complexity index is 603. The van der Waals surface area contributed by atoms with Crippen LogP contribution in [0.2, 0.25) is 0 Å². The highest BCUT2D eigenvalue weighted by Crippen LogP contribution is 2.21. The average Bonchev–Trinajstić information content (AvgIpc) is 2.62. The molecule has 2 unspecified atom stereocenters. The first-order valence-electron chi connectivity index (χ1n) is 9.67. The van der Waals surface area contributed by atoms with Crippen molar-refractivity contribution in [2.24, 2.45) is 17.6 Å². The second-order valence-electron chi connectivity index (χ2n) is 8.19. The van der Waals surface area contributed by atoms with Gasteiger partial charge in [0.25, 0.3) is 0 Å². The number of nitrogens with two attached hydrogens (primary N) is 1. The van der Waals surface area contributed by atoms with E-state index < -0.39 is 0 Å². The van der Waals surface area contributed by atoms with E-state index >= 15 is 0 Å². The molecule has 2 amide bonds. The van der Waals surface area contributed by atoms with Crippen molar-refractivity contribution in [2.45, 2.75) is 52.0 Å². The number of benzene rings is 1. The Morgan fingerprint density at radius 3 is 2.62 bits per heavy atom. The summed E-state index contributed by atoms with van der Waals surface area (Å²) < 4.78 is 0. The number of carbonyl (C=O) groups is 2. The van der Waals surface area contributed by atoms with Gasteiger partial charge in [0.1, 0.15) is 0 Å². The highest BCUT2D eigenvalue weighted by molar-refractivity contribution is 5.82. The first-order chi connectivity index (χ1) is 12.3. The molecule has 3 N–H and O–H groups in total. The minimum atomic E-state index is -0.387. The standard InChI is InChI=1S/C21H33N3O2/c1-16(2)13-21(3,15-22)23-20(26)18-10-7-11-24(14-18)19(25)12-17-8-5-4-6-9-17/h4-6,8-9,16,18H,7,10-15,22H2,1-3H3,(H,23,26). The molecule has 5 heteroatoms. The monoisotopic (exact) mass is 359 g/mol. The van der Waals surface area contributed by atoms with Crippen molar-refractivity contribution in [1.29, 1.82) is 0 Å².